The number of aromatic amines is 2. The number of likely N-dealkylation sites (N-methyl/N-ethyl adjacent to an activating group) is 1. The van der Waals surface area contributed by atoms with Crippen molar-refractivity contribution < 1.29 is 0 Å². The molecule has 0 spiro atoms. The number of hydrogen-bond acceptors (Lipinski definition) is 7. The Morgan fingerprint density at radius 1 is 1.00 bits per heavy atom. The maximum atomic E-state index is 13.6. The van der Waals surface area contributed by atoms with Crippen LogP contribution in [0.2, 0.25) is 0 Å². The Bertz CT molecular complexity index is 1640. The zero-order valence-electron chi connectivity index (χ0n) is 22.2. The van der Waals surface area contributed by atoms with Crippen LogP contribution in [0.3, 0.4) is 0 Å². The van der Waals surface area contributed by atoms with Gasteiger partial charge in [-0.15, -0.1) is 0 Å². The Labute approximate surface area is 220 Å². The van der Waals surface area contributed by atoms with Gasteiger partial charge in [0.1, 0.15) is 16.9 Å². The third kappa shape index (κ3) is 4.41. The minimum atomic E-state index is -0.227. The van der Waals surface area contributed by atoms with Gasteiger partial charge in [0, 0.05) is 51.3 Å². The summed E-state index contributed by atoms with van der Waals surface area (Å²) >= 11 is 0. The predicted molar refractivity (Wildman–Crippen MR) is 152 cm³/mol. The molecule has 10 nitrogen and oxygen atoms in total. The number of rotatable bonds is 6. The number of piperazine rings is 1. The van der Waals surface area contributed by atoms with Crippen molar-refractivity contribution in [2.24, 2.45) is 13.0 Å². The number of aryl methyl sites for hydroxylation is 1. The Morgan fingerprint density at radius 3 is 2.55 bits per heavy atom. The topological polar surface area (TPSA) is 111 Å². The van der Waals surface area contributed by atoms with Crippen LogP contribution in [0.25, 0.3) is 33.5 Å². The van der Waals surface area contributed by atoms with Gasteiger partial charge in [-0.05, 0) is 43.3 Å². The van der Waals surface area contributed by atoms with Gasteiger partial charge in [0.15, 0.2) is 0 Å². The van der Waals surface area contributed by atoms with E-state index in [4.69, 9.17) is 10.1 Å². The molecule has 1 aromatic carbocycles. The summed E-state index contributed by atoms with van der Waals surface area (Å²) in [7, 11) is 4.00. The molecule has 5 aromatic rings. The molecule has 0 saturated carbocycles. The molecule has 1 atom stereocenters. The summed E-state index contributed by atoms with van der Waals surface area (Å²) in [5.41, 5.74) is 5.98. The zero-order chi connectivity index (χ0) is 26.4. The Hall–Kier alpha value is -4.18. The smallest absolute Gasteiger partial charge is 0.261 e. The number of anilines is 2. The fourth-order valence-electron chi connectivity index (χ4n) is 5.22. The van der Waals surface area contributed by atoms with Crippen molar-refractivity contribution in [1.29, 1.82) is 0 Å². The third-order valence-corrected chi connectivity index (χ3v) is 7.33. The maximum absolute atomic E-state index is 13.6. The lowest BCUT2D eigenvalue weighted by molar-refractivity contribution is 0.313. The summed E-state index contributed by atoms with van der Waals surface area (Å²) in [6.45, 7) is 8.31. The van der Waals surface area contributed by atoms with Crippen molar-refractivity contribution in [2.45, 2.75) is 19.9 Å². The summed E-state index contributed by atoms with van der Waals surface area (Å²) < 4.78 is 1.71. The first kappa shape index (κ1) is 24.2. The molecule has 5 heterocycles. The van der Waals surface area contributed by atoms with Crippen molar-refractivity contribution in [3.8, 4) is 11.4 Å². The summed E-state index contributed by atoms with van der Waals surface area (Å²) in [4.78, 5) is 34.2. The first-order chi connectivity index (χ1) is 18.4. The molecule has 6 rings (SSSR count). The number of pyridine rings is 2. The molecule has 3 N–H and O–H groups in total. The van der Waals surface area contributed by atoms with E-state index in [0.29, 0.717) is 28.1 Å². The van der Waals surface area contributed by atoms with Crippen LogP contribution in [0.1, 0.15) is 25.6 Å². The average molecular weight is 512 g/mol. The molecule has 0 amide bonds. The van der Waals surface area contributed by atoms with Gasteiger partial charge in [0.05, 0.1) is 34.0 Å². The molecule has 1 aliphatic heterocycles. The van der Waals surface area contributed by atoms with Crippen LogP contribution in [0.15, 0.2) is 53.6 Å². The highest BCUT2D eigenvalue weighted by atomic mass is 16.1. The highest BCUT2D eigenvalue weighted by molar-refractivity contribution is 5.96. The van der Waals surface area contributed by atoms with E-state index in [-0.39, 0.29) is 17.5 Å². The van der Waals surface area contributed by atoms with Crippen LogP contribution in [-0.4, -0.2) is 67.8 Å². The van der Waals surface area contributed by atoms with Gasteiger partial charge in [-0.25, -0.2) is 4.98 Å². The van der Waals surface area contributed by atoms with Gasteiger partial charge < -0.3 is 25.1 Å². The monoisotopic (exact) mass is 511 g/mol. The molecule has 0 aliphatic carbocycles. The van der Waals surface area contributed by atoms with E-state index in [1.54, 1.807) is 10.9 Å². The fourth-order valence-corrected chi connectivity index (χ4v) is 5.22. The predicted octanol–water partition coefficient (Wildman–Crippen LogP) is 3.76. The van der Waals surface area contributed by atoms with E-state index >= 15 is 0 Å². The molecule has 1 aliphatic rings. The van der Waals surface area contributed by atoms with Gasteiger partial charge in [0.25, 0.3) is 5.56 Å². The molecule has 0 radical (unpaired) electrons. The number of nitrogens with one attached hydrogen (secondary N) is 3. The second-order valence-electron chi connectivity index (χ2n) is 10.5. The fraction of sp³-hybridized carbons (Fsp3) is 0.357. The Balaban J connectivity index is 1.47. The lowest BCUT2D eigenvalue weighted by Crippen LogP contribution is -2.44. The number of H-pyrrole nitrogens is 2. The standard InChI is InChI=1S/C28H33N9O/c1-17(2)24(20-7-5-6-10-29-20)33-26-23(28(38)32-22-16-36(4)34-25(22)26)27-30-19-9-8-18(15-21(19)31-27)37-13-11-35(3)12-14-37/h5-10,15-17,24,33H,11-14H2,1-4H3,(H,30,31)(H,32,38)/t24-/m1/s1. The van der Waals surface area contributed by atoms with E-state index in [0.717, 1.165) is 48.6 Å². The van der Waals surface area contributed by atoms with Crippen LogP contribution in [0.4, 0.5) is 11.4 Å². The second-order valence-corrected chi connectivity index (χ2v) is 10.5. The quantitative estimate of drug-likeness (QED) is 0.318. The second kappa shape index (κ2) is 9.60. The molecule has 10 heteroatoms. The minimum absolute atomic E-state index is 0.129. The van der Waals surface area contributed by atoms with Crippen LogP contribution in [0, 0.1) is 5.92 Å². The van der Waals surface area contributed by atoms with E-state index in [1.165, 1.54) is 0 Å². The molecule has 0 unspecified atom stereocenters. The van der Waals surface area contributed by atoms with Crippen molar-refractivity contribution >= 4 is 33.4 Å². The van der Waals surface area contributed by atoms with Crippen molar-refractivity contribution in [2.75, 3.05) is 43.4 Å². The van der Waals surface area contributed by atoms with E-state index in [9.17, 15) is 4.79 Å². The molecule has 38 heavy (non-hydrogen) atoms. The maximum Gasteiger partial charge on any atom is 0.261 e. The van der Waals surface area contributed by atoms with Crippen LogP contribution < -0.4 is 15.8 Å². The van der Waals surface area contributed by atoms with Gasteiger partial charge in [-0.2, -0.15) is 5.10 Å². The van der Waals surface area contributed by atoms with Crippen molar-refractivity contribution in [3.63, 3.8) is 0 Å². The van der Waals surface area contributed by atoms with Crippen LogP contribution >= 0.6 is 0 Å². The third-order valence-electron chi connectivity index (χ3n) is 7.33. The van der Waals surface area contributed by atoms with Gasteiger partial charge >= 0.3 is 0 Å². The largest absolute Gasteiger partial charge is 0.374 e. The molecule has 1 saturated heterocycles. The SMILES string of the molecule is CC(C)[C@@H](Nc1c(-c2nc3ccc(N4CCN(C)CC4)cc3[nH]2)c(=O)[nH]c2cn(C)nc12)c1ccccn1. The van der Waals surface area contributed by atoms with Gasteiger partial charge in [-0.3, -0.25) is 14.5 Å². The number of aromatic nitrogens is 6. The number of hydrogen-bond donors (Lipinski definition) is 3. The van der Waals surface area contributed by atoms with Crippen molar-refractivity contribution in [3.05, 3.63) is 64.8 Å². The summed E-state index contributed by atoms with van der Waals surface area (Å²) in [5.74, 6) is 0.716. The minimum Gasteiger partial charge on any atom is -0.374 e. The van der Waals surface area contributed by atoms with Gasteiger partial charge in [-0.1, -0.05) is 19.9 Å². The lowest BCUT2D eigenvalue weighted by Gasteiger charge is -2.34. The normalized spacial score (nSPS) is 15.6. The van der Waals surface area contributed by atoms with Crippen molar-refractivity contribution in [1.82, 2.24) is 34.6 Å². The molecule has 1 fully saturated rings. The first-order valence-corrected chi connectivity index (χ1v) is 13.1. The number of nitrogens with zero attached hydrogens (tertiary/aromatic N) is 6. The Kier molecular flexibility index (Phi) is 6.11. The molecular formula is C28H33N9O. The molecular weight excluding hydrogens is 478 g/mol. The summed E-state index contributed by atoms with van der Waals surface area (Å²) in [6.07, 6.45) is 3.61. The highest BCUT2D eigenvalue weighted by Gasteiger charge is 2.25. The molecule has 196 valence electrons. The number of benzene rings is 1. The highest BCUT2D eigenvalue weighted by Crippen LogP contribution is 2.35. The lowest BCUT2D eigenvalue weighted by atomic mass is 9.99. The number of fused-ring (bicyclic) bond motifs is 2. The van der Waals surface area contributed by atoms with Crippen LogP contribution in [-0.2, 0) is 7.05 Å². The Morgan fingerprint density at radius 2 is 1.82 bits per heavy atom. The van der Waals surface area contributed by atoms with E-state index in [2.05, 4.69) is 63.1 Å². The zero-order valence-corrected chi connectivity index (χ0v) is 22.2. The number of imidazole rings is 1. The summed E-state index contributed by atoms with van der Waals surface area (Å²) in [5, 5.41) is 8.33. The molecule has 4 aromatic heterocycles. The molecule has 0 bridgehead atoms. The summed E-state index contributed by atoms with van der Waals surface area (Å²) in [6, 6.07) is 12.0. The van der Waals surface area contributed by atoms with E-state index < -0.39 is 0 Å². The first-order valence-electron chi connectivity index (χ1n) is 13.1. The van der Waals surface area contributed by atoms with Crippen LogP contribution in [0.5, 0.6) is 0 Å². The average Bonchev–Trinajstić information content (AvgIpc) is 3.49. The van der Waals surface area contributed by atoms with Gasteiger partial charge in [0.2, 0.25) is 0 Å². The van der Waals surface area contributed by atoms with E-state index in [1.807, 2.05) is 37.5 Å².